The Labute approximate surface area is 174 Å². The fraction of sp³-hybridized carbons (Fsp3) is 0.409. The fourth-order valence-electron chi connectivity index (χ4n) is 4.07. The third kappa shape index (κ3) is 4.03. The van der Waals surface area contributed by atoms with E-state index in [0.29, 0.717) is 24.3 Å². The van der Waals surface area contributed by atoms with Crippen molar-refractivity contribution in [2.75, 3.05) is 20.2 Å². The van der Waals surface area contributed by atoms with Gasteiger partial charge in [-0.15, -0.1) is 0 Å². The molecule has 156 valence electrons. The van der Waals surface area contributed by atoms with Crippen LogP contribution in [0.5, 0.6) is 5.75 Å². The number of carbonyl (C=O) groups is 2. The van der Waals surface area contributed by atoms with Crippen LogP contribution in [0.3, 0.4) is 0 Å². The van der Waals surface area contributed by atoms with Crippen molar-refractivity contribution in [3.63, 3.8) is 0 Å². The second-order valence-corrected chi connectivity index (χ2v) is 7.65. The number of amides is 1. The van der Waals surface area contributed by atoms with Crippen LogP contribution in [-0.2, 0) is 4.79 Å². The van der Waals surface area contributed by atoms with Crippen LogP contribution in [0, 0.1) is 6.92 Å². The number of aromatic nitrogens is 4. The highest BCUT2D eigenvalue weighted by molar-refractivity contribution is 5.98. The van der Waals surface area contributed by atoms with Gasteiger partial charge in [-0.2, -0.15) is 5.10 Å². The molecule has 8 heteroatoms. The van der Waals surface area contributed by atoms with Crippen LogP contribution in [0.15, 0.2) is 30.6 Å². The summed E-state index contributed by atoms with van der Waals surface area (Å²) >= 11 is 0. The summed E-state index contributed by atoms with van der Waals surface area (Å²) < 4.78 is 5.24. The summed E-state index contributed by atoms with van der Waals surface area (Å²) in [6.45, 7) is 3.21. The molecule has 1 fully saturated rings. The van der Waals surface area contributed by atoms with Gasteiger partial charge in [-0.05, 0) is 43.5 Å². The Balaban J connectivity index is 1.37. The van der Waals surface area contributed by atoms with Crippen molar-refractivity contribution in [3.8, 4) is 5.75 Å². The zero-order valence-electron chi connectivity index (χ0n) is 17.2. The molecule has 0 spiro atoms. The highest BCUT2D eigenvalue weighted by atomic mass is 16.5. The van der Waals surface area contributed by atoms with Gasteiger partial charge in [0, 0.05) is 49.8 Å². The van der Waals surface area contributed by atoms with Gasteiger partial charge in [-0.1, -0.05) is 0 Å². The summed E-state index contributed by atoms with van der Waals surface area (Å²) in [4.78, 5) is 35.8. The Hall–Kier alpha value is -3.29. The van der Waals surface area contributed by atoms with Crippen molar-refractivity contribution < 1.29 is 14.3 Å². The highest BCUT2D eigenvalue weighted by Gasteiger charge is 2.28. The Morgan fingerprint density at radius 2 is 2.07 bits per heavy atom. The van der Waals surface area contributed by atoms with Crippen LogP contribution >= 0.6 is 0 Å². The van der Waals surface area contributed by atoms with Crippen LogP contribution in [-0.4, -0.2) is 57.0 Å². The number of benzene rings is 1. The second kappa shape index (κ2) is 8.61. The molecular weight excluding hydrogens is 382 g/mol. The molecule has 2 aromatic heterocycles. The van der Waals surface area contributed by atoms with Gasteiger partial charge in [-0.3, -0.25) is 14.7 Å². The minimum atomic E-state index is -0.0301. The van der Waals surface area contributed by atoms with Crippen LogP contribution in [0.2, 0.25) is 0 Å². The van der Waals surface area contributed by atoms with Crippen LogP contribution in [0.25, 0.3) is 11.2 Å². The predicted molar refractivity (Wildman–Crippen MR) is 112 cm³/mol. The Morgan fingerprint density at radius 1 is 1.23 bits per heavy atom. The molecule has 0 radical (unpaired) electrons. The Morgan fingerprint density at radius 3 is 2.87 bits per heavy atom. The summed E-state index contributed by atoms with van der Waals surface area (Å²) in [6, 6.07) is 5.35. The van der Waals surface area contributed by atoms with E-state index in [1.54, 1.807) is 31.6 Å². The van der Waals surface area contributed by atoms with E-state index in [0.717, 1.165) is 35.4 Å². The zero-order chi connectivity index (χ0) is 21.1. The zero-order valence-corrected chi connectivity index (χ0v) is 17.2. The fourth-order valence-corrected chi connectivity index (χ4v) is 4.07. The lowest BCUT2D eigenvalue weighted by molar-refractivity contribution is -0.132. The number of likely N-dealkylation sites (tertiary alicyclic amines) is 1. The maximum Gasteiger partial charge on any atom is 0.223 e. The van der Waals surface area contributed by atoms with Crippen molar-refractivity contribution in [3.05, 3.63) is 47.4 Å². The normalized spacial score (nSPS) is 16.6. The molecule has 30 heavy (non-hydrogen) atoms. The number of rotatable bonds is 6. The number of aromatic amines is 1. The van der Waals surface area contributed by atoms with E-state index >= 15 is 0 Å². The molecular formula is C22H25N5O3. The molecule has 8 nitrogen and oxygen atoms in total. The molecule has 0 unspecified atom stereocenters. The lowest BCUT2D eigenvalue weighted by atomic mass is 9.94. The van der Waals surface area contributed by atoms with E-state index in [4.69, 9.17) is 4.74 Å². The van der Waals surface area contributed by atoms with E-state index in [2.05, 4.69) is 20.2 Å². The minimum absolute atomic E-state index is 0.00758. The Kier molecular flexibility index (Phi) is 5.74. The molecule has 4 rings (SSSR count). The summed E-state index contributed by atoms with van der Waals surface area (Å²) in [6.07, 6.45) is 5.54. The van der Waals surface area contributed by atoms with Crippen LogP contribution in [0.1, 0.15) is 53.2 Å². The third-order valence-corrected chi connectivity index (χ3v) is 5.68. The molecule has 3 aromatic rings. The Bertz CT molecular complexity index is 1080. The van der Waals surface area contributed by atoms with Gasteiger partial charge < -0.3 is 9.64 Å². The number of ketones is 1. The van der Waals surface area contributed by atoms with Gasteiger partial charge in [0.2, 0.25) is 5.91 Å². The summed E-state index contributed by atoms with van der Waals surface area (Å²) in [7, 11) is 1.60. The molecule has 1 amide bonds. The number of aryl methyl sites for hydroxylation is 1. The largest absolute Gasteiger partial charge is 0.496 e. The van der Waals surface area contributed by atoms with Crippen LogP contribution in [0.4, 0.5) is 0 Å². The van der Waals surface area contributed by atoms with E-state index in [-0.39, 0.29) is 30.4 Å². The smallest absolute Gasteiger partial charge is 0.223 e. The first-order valence-corrected chi connectivity index (χ1v) is 10.2. The maximum absolute atomic E-state index is 12.8. The first kappa shape index (κ1) is 20.0. The van der Waals surface area contributed by atoms with Crippen LogP contribution < -0.4 is 4.74 Å². The average Bonchev–Trinajstić information content (AvgIpc) is 3.21. The van der Waals surface area contributed by atoms with Crippen molar-refractivity contribution in [2.45, 2.75) is 38.5 Å². The van der Waals surface area contributed by atoms with Crippen molar-refractivity contribution in [1.29, 1.82) is 0 Å². The molecule has 1 saturated heterocycles. The van der Waals surface area contributed by atoms with Gasteiger partial charge in [-0.25, -0.2) is 9.97 Å². The SMILES string of the molecule is COc1ccc(C(=O)CCC(=O)N2CCC[C@H](c3[nH]nc4nccnc34)C2)cc1C. The molecule has 3 heterocycles. The third-order valence-electron chi connectivity index (χ3n) is 5.68. The number of fused-ring (bicyclic) bond motifs is 1. The quantitative estimate of drug-likeness (QED) is 0.630. The number of hydrogen-bond acceptors (Lipinski definition) is 6. The van der Waals surface area contributed by atoms with E-state index in [1.165, 1.54) is 0 Å². The number of H-pyrrole nitrogens is 1. The number of nitrogens with one attached hydrogen (secondary N) is 1. The highest BCUT2D eigenvalue weighted by Crippen LogP contribution is 2.29. The van der Waals surface area contributed by atoms with Crippen molar-refractivity contribution >= 4 is 22.9 Å². The molecule has 0 bridgehead atoms. The number of carbonyl (C=O) groups excluding carboxylic acids is 2. The first-order valence-electron chi connectivity index (χ1n) is 10.2. The monoisotopic (exact) mass is 407 g/mol. The van der Waals surface area contributed by atoms with Gasteiger partial charge >= 0.3 is 0 Å². The number of Topliss-reactive ketones (excluding diaryl/α,β-unsaturated/α-hetero) is 1. The molecule has 1 aliphatic heterocycles. The molecule has 1 aliphatic rings. The van der Waals surface area contributed by atoms with E-state index in [1.807, 2.05) is 17.9 Å². The lowest BCUT2D eigenvalue weighted by Gasteiger charge is -2.32. The van der Waals surface area contributed by atoms with Crippen molar-refractivity contribution in [2.24, 2.45) is 0 Å². The number of hydrogen-bond donors (Lipinski definition) is 1. The summed E-state index contributed by atoms with van der Waals surface area (Å²) in [5.74, 6) is 0.869. The second-order valence-electron chi connectivity index (χ2n) is 7.65. The predicted octanol–water partition coefficient (Wildman–Crippen LogP) is 3.04. The average molecular weight is 407 g/mol. The maximum atomic E-state index is 12.8. The minimum Gasteiger partial charge on any atom is -0.496 e. The topological polar surface area (TPSA) is 101 Å². The molecule has 1 aromatic carbocycles. The summed E-state index contributed by atoms with van der Waals surface area (Å²) in [5.41, 5.74) is 3.81. The van der Waals surface area contributed by atoms with E-state index in [9.17, 15) is 9.59 Å². The number of methoxy groups -OCH3 is 1. The standard InChI is InChI=1S/C22H25N5O3/c1-14-12-15(5-7-18(14)30-2)17(28)6-8-19(29)27-11-3-4-16(13-27)20-21-22(26-25-20)24-10-9-23-21/h5,7,9-10,12,16H,3-4,6,8,11,13H2,1-2H3,(H,24,25,26)/t16-/m0/s1. The molecule has 1 atom stereocenters. The molecule has 1 N–H and O–H groups in total. The molecule has 0 saturated carbocycles. The van der Waals surface area contributed by atoms with E-state index < -0.39 is 0 Å². The first-order chi connectivity index (χ1) is 14.6. The van der Waals surface area contributed by atoms with Gasteiger partial charge in [0.05, 0.1) is 12.8 Å². The number of nitrogens with zero attached hydrogens (tertiary/aromatic N) is 4. The lowest BCUT2D eigenvalue weighted by Crippen LogP contribution is -2.39. The van der Waals surface area contributed by atoms with Crippen molar-refractivity contribution in [1.82, 2.24) is 25.1 Å². The number of piperidine rings is 1. The molecule has 0 aliphatic carbocycles. The van der Waals surface area contributed by atoms with Gasteiger partial charge in [0.25, 0.3) is 0 Å². The van der Waals surface area contributed by atoms with Gasteiger partial charge in [0.1, 0.15) is 11.3 Å². The number of ether oxygens (including phenoxy) is 1. The van der Waals surface area contributed by atoms with Gasteiger partial charge in [0.15, 0.2) is 11.4 Å². The summed E-state index contributed by atoms with van der Waals surface area (Å²) in [5, 5.41) is 7.27.